The summed E-state index contributed by atoms with van der Waals surface area (Å²) in [4.78, 5) is 5.33. The zero-order chi connectivity index (χ0) is 45.4. The number of nitrogens with zero attached hydrogens (tertiary/aromatic N) is 2. The van der Waals surface area contributed by atoms with Crippen LogP contribution >= 0.6 is 0 Å². The molecule has 3 heteroatoms. The number of fused-ring (bicyclic) bond motifs is 4. The maximum absolute atomic E-state index is 2.67. The molecule has 322 valence electrons. The Hall–Kier alpha value is -4.24. The van der Waals surface area contributed by atoms with Crippen molar-refractivity contribution in [3.05, 3.63) is 124 Å². The summed E-state index contributed by atoms with van der Waals surface area (Å²) >= 11 is 0. The van der Waals surface area contributed by atoms with Gasteiger partial charge in [-0.25, -0.2) is 0 Å². The summed E-state index contributed by atoms with van der Waals surface area (Å²) in [5, 5.41) is 0. The summed E-state index contributed by atoms with van der Waals surface area (Å²) < 4.78 is 0. The Morgan fingerprint density at radius 2 is 0.525 bits per heavy atom. The van der Waals surface area contributed by atoms with Crippen molar-refractivity contribution < 1.29 is 0 Å². The Morgan fingerprint density at radius 3 is 0.787 bits per heavy atom. The molecule has 2 nitrogen and oxygen atoms in total. The molecular weight excluding hydrogens is 735 g/mol. The van der Waals surface area contributed by atoms with Crippen LogP contribution in [0.5, 0.6) is 0 Å². The van der Waals surface area contributed by atoms with Gasteiger partial charge >= 0.3 is 0 Å². The van der Waals surface area contributed by atoms with Gasteiger partial charge in [0.25, 0.3) is 6.71 Å². The fourth-order valence-corrected chi connectivity index (χ4v) is 9.12. The van der Waals surface area contributed by atoms with E-state index in [1.807, 2.05) is 0 Å². The van der Waals surface area contributed by atoms with Crippen molar-refractivity contribution in [2.24, 2.45) is 0 Å². The van der Waals surface area contributed by atoms with E-state index in [0.717, 1.165) is 0 Å². The average molecular weight is 813 g/mol. The molecule has 0 amide bonds. The summed E-state index contributed by atoms with van der Waals surface area (Å²) in [6.45, 7) is 49.6. The lowest BCUT2D eigenvalue weighted by atomic mass is 9.33. The van der Waals surface area contributed by atoms with Gasteiger partial charge < -0.3 is 9.80 Å². The van der Waals surface area contributed by atoms with Crippen molar-refractivity contribution >= 4 is 57.2 Å². The first-order chi connectivity index (χ1) is 27.7. The van der Waals surface area contributed by atoms with Crippen molar-refractivity contribution in [2.75, 3.05) is 9.80 Å². The molecule has 7 rings (SSSR count). The van der Waals surface area contributed by atoms with Crippen LogP contribution in [-0.4, -0.2) is 6.71 Å². The van der Waals surface area contributed by atoms with E-state index in [9.17, 15) is 0 Å². The zero-order valence-electron chi connectivity index (χ0n) is 42.1. The zero-order valence-corrected chi connectivity index (χ0v) is 42.1. The summed E-state index contributed by atoms with van der Waals surface area (Å²) in [6, 6.07) is 34.8. The van der Waals surface area contributed by atoms with Gasteiger partial charge in [0.05, 0.1) is 0 Å². The minimum Gasteiger partial charge on any atom is -0.311 e. The third kappa shape index (κ3) is 8.25. The van der Waals surface area contributed by atoms with Crippen molar-refractivity contribution in [3.8, 4) is 0 Å². The fraction of sp³-hybridized carbons (Fsp3) is 0.483. The van der Waals surface area contributed by atoms with Crippen LogP contribution in [0.2, 0.25) is 0 Å². The molecule has 0 aromatic heterocycles. The van der Waals surface area contributed by atoms with E-state index in [-0.39, 0.29) is 44.6 Å². The van der Waals surface area contributed by atoms with Gasteiger partial charge in [-0.05, 0) is 142 Å². The lowest BCUT2D eigenvalue weighted by Gasteiger charge is -2.46. The molecular formula is C58H77BN2. The molecule has 0 fully saturated rings. The standard InChI is InChI=1S/C58H77BN2/c1-52(2,3)36-22-24-45-47(32-36)60(43-28-38(54(7,8)9)26-39(29-43)55(10,11)12)49-34-42(58(19,20)21)35-50-51(49)59(45)46-25-23-37(53(4,5)6)33-48(46)61(50)44-30-40(56(13,14)15)27-41(31-44)57(16,17)18/h22-35H,1-21H3. The highest BCUT2D eigenvalue weighted by Crippen LogP contribution is 2.49. The molecule has 0 saturated heterocycles. The third-order valence-electron chi connectivity index (χ3n) is 13.5. The fourth-order valence-electron chi connectivity index (χ4n) is 9.12. The lowest BCUT2D eigenvalue weighted by molar-refractivity contribution is 0.568. The Labute approximate surface area is 372 Å². The Morgan fingerprint density at radius 1 is 0.279 bits per heavy atom. The van der Waals surface area contributed by atoms with Crippen LogP contribution in [0.1, 0.15) is 184 Å². The van der Waals surface area contributed by atoms with E-state index in [1.54, 1.807) is 0 Å². The maximum atomic E-state index is 2.67. The monoisotopic (exact) mass is 813 g/mol. The van der Waals surface area contributed by atoms with Crippen molar-refractivity contribution in [2.45, 2.75) is 183 Å². The van der Waals surface area contributed by atoms with E-state index >= 15 is 0 Å². The van der Waals surface area contributed by atoms with Gasteiger partial charge in [-0.15, -0.1) is 0 Å². The quantitative estimate of drug-likeness (QED) is 0.160. The number of rotatable bonds is 2. The molecule has 0 aliphatic carbocycles. The smallest absolute Gasteiger partial charge is 0.252 e. The largest absolute Gasteiger partial charge is 0.311 e. The Balaban J connectivity index is 1.70. The predicted molar refractivity (Wildman–Crippen MR) is 271 cm³/mol. The molecule has 0 atom stereocenters. The van der Waals surface area contributed by atoms with E-state index in [1.165, 1.54) is 89.5 Å². The number of anilines is 6. The molecule has 5 aromatic carbocycles. The van der Waals surface area contributed by atoms with E-state index < -0.39 is 0 Å². The Bertz CT molecular complexity index is 2290. The number of hydrogen-bond donors (Lipinski definition) is 0. The summed E-state index contributed by atoms with van der Waals surface area (Å²) in [5.74, 6) is 0. The second-order valence-electron chi connectivity index (χ2n) is 25.9. The van der Waals surface area contributed by atoms with Crippen LogP contribution in [-0.2, 0) is 37.9 Å². The predicted octanol–water partition coefficient (Wildman–Crippen LogP) is 14.9. The van der Waals surface area contributed by atoms with Crippen LogP contribution < -0.4 is 26.2 Å². The molecule has 0 bridgehead atoms. The third-order valence-corrected chi connectivity index (χ3v) is 13.5. The molecule has 0 radical (unpaired) electrons. The first-order valence-corrected chi connectivity index (χ1v) is 23.1. The van der Waals surface area contributed by atoms with Gasteiger partial charge in [0.1, 0.15) is 0 Å². The second-order valence-corrected chi connectivity index (χ2v) is 25.9. The number of hydrogen-bond acceptors (Lipinski definition) is 2. The topological polar surface area (TPSA) is 6.48 Å². The molecule has 5 aromatic rings. The highest BCUT2D eigenvalue weighted by atomic mass is 15.2. The molecule has 2 aliphatic heterocycles. The SMILES string of the molecule is CC(C)(C)c1cc(N2c3cc(C(C)(C)C)ccc3B3c4ccc(C(C)(C)C)cc4N(c4cc(C(C)(C)C)cc(C(C)(C)C)c4)c4cc(C(C)(C)C)cc2c43)cc(C(C)(C)C)c1. The molecule has 0 spiro atoms. The Kier molecular flexibility index (Phi) is 10.4. The summed E-state index contributed by atoms with van der Waals surface area (Å²) in [6.07, 6.45) is 0. The second kappa shape index (κ2) is 14.1. The van der Waals surface area contributed by atoms with E-state index in [0.29, 0.717) is 0 Å². The molecule has 0 saturated carbocycles. The van der Waals surface area contributed by atoms with Crippen LogP contribution in [0.15, 0.2) is 84.9 Å². The van der Waals surface area contributed by atoms with Gasteiger partial charge in [-0.2, -0.15) is 0 Å². The summed E-state index contributed by atoms with van der Waals surface area (Å²) in [5.41, 5.74) is 21.0. The van der Waals surface area contributed by atoms with Crippen molar-refractivity contribution in [1.82, 2.24) is 0 Å². The molecule has 61 heavy (non-hydrogen) atoms. The van der Waals surface area contributed by atoms with Gasteiger partial charge in [0.15, 0.2) is 0 Å². The molecule has 0 unspecified atom stereocenters. The molecule has 2 aliphatic rings. The summed E-state index contributed by atoms with van der Waals surface area (Å²) in [7, 11) is 0. The van der Waals surface area contributed by atoms with Crippen LogP contribution in [0.4, 0.5) is 34.1 Å². The minimum atomic E-state index is -0.104. The minimum absolute atomic E-state index is 0.0189. The van der Waals surface area contributed by atoms with Gasteiger partial charge in [0, 0.05) is 34.1 Å². The maximum Gasteiger partial charge on any atom is 0.252 e. The molecule has 0 N–H and O–H groups in total. The first kappa shape index (κ1) is 44.8. The normalized spacial score (nSPS) is 14.9. The highest BCUT2D eigenvalue weighted by Gasteiger charge is 2.45. The van der Waals surface area contributed by atoms with Gasteiger partial charge in [-0.1, -0.05) is 182 Å². The van der Waals surface area contributed by atoms with Crippen molar-refractivity contribution in [3.63, 3.8) is 0 Å². The van der Waals surface area contributed by atoms with Crippen LogP contribution in [0.25, 0.3) is 0 Å². The van der Waals surface area contributed by atoms with E-state index in [4.69, 9.17) is 0 Å². The van der Waals surface area contributed by atoms with Gasteiger partial charge in [0.2, 0.25) is 0 Å². The first-order valence-electron chi connectivity index (χ1n) is 23.1. The average Bonchev–Trinajstić information content (AvgIpc) is 3.11. The van der Waals surface area contributed by atoms with Crippen LogP contribution in [0.3, 0.4) is 0 Å². The van der Waals surface area contributed by atoms with Crippen LogP contribution in [0, 0.1) is 0 Å². The van der Waals surface area contributed by atoms with E-state index in [2.05, 4.69) is 240 Å². The van der Waals surface area contributed by atoms with Crippen molar-refractivity contribution in [1.29, 1.82) is 0 Å². The highest BCUT2D eigenvalue weighted by molar-refractivity contribution is 7.00. The number of benzene rings is 5. The van der Waals surface area contributed by atoms with Gasteiger partial charge in [-0.3, -0.25) is 0 Å². The molecule has 2 heterocycles. The lowest BCUT2D eigenvalue weighted by Crippen LogP contribution is -2.61.